The first-order valence-electron chi connectivity index (χ1n) is 5.34. The van der Waals surface area contributed by atoms with Crippen LogP contribution in [0, 0.1) is 0 Å². The molecule has 1 aromatic carbocycles. The molecule has 1 aromatic rings. The van der Waals surface area contributed by atoms with Crippen LogP contribution in [0.15, 0.2) is 18.2 Å². The van der Waals surface area contributed by atoms with Crippen molar-refractivity contribution in [2.45, 2.75) is 13.0 Å². The van der Waals surface area contributed by atoms with Gasteiger partial charge in [-0.3, -0.25) is 4.79 Å². The molecule has 0 saturated carbocycles. The second kappa shape index (κ2) is 6.84. The molecule has 0 saturated heterocycles. The van der Waals surface area contributed by atoms with Gasteiger partial charge < -0.3 is 10.2 Å². The molecule has 0 aromatic heterocycles. The summed E-state index contributed by atoms with van der Waals surface area (Å²) in [6.45, 7) is 1.19. The standard InChI is InChI=1S/C12H16Cl2N2O/c1-16(2)4-3-12(17)15-8-9-5-10(13)7-11(14)6-9/h5-7H,3-4,8H2,1-2H3,(H,15,17). The van der Waals surface area contributed by atoms with Crippen molar-refractivity contribution in [2.24, 2.45) is 0 Å². The Morgan fingerprint density at radius 3 is 2.35 bits per heavy atom. The predicted molar refractivity (Wildman–Crippen MR) is 71.5 cm³/mol. The second-order valence-corrected chi connectivity index (χ2v) is 4.98. The Kier molecular flexibility index (Phi) is 5.75. The normalized spacial score (nSPS) is 10.6. The lowest BCUT2D eigenvalue weighted by Crippen LogP contribution is -2.26. The van der Waals surface area contributed by atoms with Gasteiger partial charge in [0.05, 0.1) is 0 Å². The average molecular weight is 275 g/mol. The first kappa shape index (κ1) is 14.3. The number of amides is 1. The second-order valence-electron chi connectivity index (χ2n) is 4.11. The number of benzene rings is 1. The van der Waals surface area contributed by atoms with Crippen molar-refractivity contribution in [1.82, 2.24) is 10.2 Å². The molecule has 0 heterocycles. The van der Waals surface area contributed by atoms with Crippen molar-refractivity contribution in [1.29, 1.82) is 0 Å². The van der Waals surface area contributed by atoms with Gasteiger partial charge in [-0.2, -0.15) is 0 Å². The highest BCUT2D eigenvalue weighted by Crippen LogP contribution is 2.18. The van der Waals surface area contributed by atoms with E-state index in [-0.39, 0.29) is 5.91 Å². The molecule has 94 valence electrons. The third-order valence-electron chi connectivity index (χ3n) is 2.20. The molecule has 0 unspecified atom stereocenters. The first-order chi connectivity index (χ1) is 7.97. The van der Waals surface area contributed by atoms with Gasteiger partial charge in [0, 0.05) is 29.6 Å². The molecular formula is C12H16Cl2N2O. The highest BCUT2D eigenvalue weighted by molar-refractivity contribution is 6.34. The van der Waals surface area contributed by atoms with E-state index in [2.05, 4.69) is 5.32 Å². The largest absolute Gasteiger partial charge is 0.352 e. The molecule has 1 amide bonds. The highest BCUT2D eigenvalue weighted by atomic mass is 35.5. The number of rotatable bonds is 5. The molecule has 1 rings (SSSR count). The van der Waals surface area contributed by atoms with E-state index in [1.54, 1.807) is 18.2 Å². The van der Waals surface area contributed by atoms with E-state index in [0.29, 0.717) is 23.0 Å². The quantitative estimate of drug-likeness (QED) is 0.895. The zero-order valence-corrected chi connectivity index (χ0v) is 11.5. The van der Waals surface area contributed by atoms with Crippen LogP contribution in [-0.4, -0.2) is 31.4 Å². The van der Waals surface area contributed by atoms with E-state index in [1.165, 1.54) is 0 Å². The fourth-order valence-corrected chi connectivity index (χ4v) is 1.90. The minimum Gasteiger partial charge on any atom is -0.352 e. The van der Waals surface area contributed by atoms with E-state index in [9.17, 15) is 4.79 Å². The van der Waals surface area contributed by atoms with Gasteiger partial charge >= 0.3 is 0 Å². The molecule has 0 fully saturated rings. The van der Waals surface area contributed by atoms with Gasteiger partial charge in [0.25, 0.3) is 0 Å². The molecule has 0 radical (unpaired) electrons. The van der Waals surface area contributed by atoms with E-state index >= 15 is 0 Å². The fourth-order valence-electron chi connectivity index (χ4n) is 1.33. The Balaban J connectivity index is 2.42. The summed E-state index contributed by atoms with van der Waals surface area (Å²) in [6, 6.07) is 5.25. The topological polar surface area (TPSA) is 32.3 Å². The molecule has 0 bridgehead atoms. The molecular weight excluding hydrogens is 259 g/mol. The Hall–Kier alpha value is -0.770. The zero-order chi connectivity index (χ0) is 12.8. The van der Waals surface area contributed by atoms with Crippen LogP contribution in [0.3, 0.4) is 0 Å². The van der Waals surface area contributed by atoms with E-state index in [1.807, 2.05) is 19.0 Å². The minimum absolute atomic E-state index is 0.0230. The summed E-state index contributed by atoms with van der Waals surface area (Å²) in [6.07, 6.45) is 0.487. The summed E-state index contributed by atoms with van der Waals surface area (Å²) in [5.74, 6) is 0.0230. The fraction of sp³-hybridized carbons (Fsp3) is 0.417. The van der Waals surface area contributed by atoms with Crippen molar-refractivity contribution in [3.8, 4) is 0 Å². The van der Waals surface area contributed by atoms with Crippen LogP contribution in [0.25, 0.3) is 0 Å². The van der Waals surface area contributed by atoms with Crippen LogP contribution in [0.1, 0.15) is 12.0 Å². The molecule has 1 N–H and O–H groups in total. The molecule has 0 aliphatic rings. The van der Waals surface area contributed by atoms with Crippen molar-refractivity contribution >= 4 is 29.1 Å². The van der Waals surface area contributed by atoms with Crippen LogP contribution >= 0.6 is 23.2 Å². The number of carbonyl (C=O) groups is 1. The predicted octanol–water partition coefficient (Wildman–Crippen LogP) is 2.56. The number of nitrogens with zero attached hydrogens (tertiary/aromatic N) is 1. The maximum absolute atomic E-state index is 11.5. The van der Waals surface area contributed by atoms with Gasteiger partial charge in [-0.05, 0) is 37.9 Å². The number of nitrogens with one attached hydrogen (secondary N) is 1. The number of halogens is 2. The van der Waals surface area contributed by atoms with Crippen LogP contribution in [-0.2, 0) is 11.3 Å². The lowest BCUT2D eigenvalue weighted by molar-refractivity contribution is -0.121. The molecule has 17 heavy (non-hydrogen) atoms. The maximum Gasteiger partial charge on any atom is 0.221 e. The van der Waals surface area contributed by atoms with Gasteiger partial charge in [0.2, 0.25) is 5.91 Å². The van der Waals surface area contributed by atoms with Crippen LogP contribution < -0.4 is 5.32 Å². The van der Waals surface area contributed by atoms with E-state index in [0.717, 1.165) is 12.1 Å². The summed E-state index contributed by atoms with van der Waals surface area (Å²) in [5.41, 5.74) is 0.903. The van der Waals surface area contributed by atoms with Gasteiger partial charge in [-0.15, -0.1) is 0 Å². The van der Waals surface area contributed by atoms with Crippen molar-refractivity contribution in [3.63, 3.8) is 0 Å². The van der Waals surface area contributed by atoms with Crippen LogP contribution in [0.2, 0.25) is 10.0 Å². The molecule has 5 heteroatoms. The van der Waals surface area contributed by atoms with Crippen molar-refractivity contribution in [3.05, 3.63) is 33.8 Å². The summed E-state index contributed by atoms with van der Waals surface area (Å²) in [4.78, 5) is 13.5. The summed E-state index contributed by atoms with van der Waals surface area (Å²) in [5, 5.41) is 3.98. The lowest BCUT2D eigenvalue weighted by Gasteiger charge is -2.10. The third-order valence-corrected chi connectivity index (χ3v) is 2.63. The monoisotopic (exact) mass is 274 g/mol. The van der Waals surface area contributed by atoms with Gasteiger partial charge in [-0.1, -0.05) is 23.2 Å². The zero-order valence-electron chi connectivity index (χ0n) is 9.96. The van der Waals surface area contributed by atoms with Crippen molar-refractivity contribution in [2.75, 3.05) is 20.6 Å². The van der Waals surface area contributed by atoms with Gasteiger partial charge in [0.15, 0.2) is 0 Å². The molecule has 3 nitrogen and oxygen atoms in total. The lowest BCUT2D eigenvalue weighted by atomic mass is 10.2. The molecule has 0 aliphatic carbocycles. The van der Waals surface area contributed by atoms with Crippen LogP contribution in [0.4, 0.5) is 0 Å². The summed E-state index contributed by atoms with van der Waals surface area (Å²) in [7, 11) is 3.87. The number of hydrogen-bond acceptors (Lipinski definition) is 2. The van der Waals surface area contributed by atoms with Crippen molar-refractivity contribution < 1.29 is 4.79 Å². The summed E-state index contributed by atoms with van der Waals surface area (Å²) < 4.78 is 0. The maximum atomic E-state index is 11.5. The van der Waals surface area contributed by atoms with E-state index in [4.69, 9.17) is 23.2 Å². The number of carbonyl (C=O) groups excluding carboxylic acids is 1. The van der Waals surface area contributed by atoms with Crippen LogP contribution in [0.5, 0.6) is 0 Å². The number of hydrogen-bond donors (Lipinski definition) is 1. The molecule has 0 aliphatic heterocycles. The smallest absolute Gasteiger partial charge is 0.221 e. The van der Waals surface area contributed by atoms with Gasteiger partial charge in [0.1, 0.15) is 0 Å². The third kappa shape index (κ3) is 5.91. The Bertz CT molecular complexity index is 374. The van der Waals surface area contributed by atoms with E-state index < -0.39 is 0 Å². The first-order valence-corrected chi connectivity index (χ1v) is 6.09. The average Bonchev–Trinajstić information content (AvgIpc) is 2.22. The molecule has 0 atom stereocenters. The minimum atomic E-state index is 0.0230. The highest BCUT2D eigenvalue weighted by Gasteiger charge is 2.03. The molecule has 0 spiro atoms. The Morgan fingerprint density at radius 1 is 1.24 bits per heavy atom. The van der Waals surface area contributed by atoms with Gasteiger partial charge in [-0.25, -0.2) is 0 Å². The Labute approximate surface area is 112 Å². The SMILES string of the molecule is CN(C)CCC(=O)NCc1cc(Cl)cc(Cl)c1. The Morgan fingerprint density at radius 2 is 1.82 bits per heavy atom. The summed E-state index contributed by atoms with van der Waals surface area (Å²) >= 11 is 11.7.